The number of hydrogen-bond donors (Lipinski definition) is 0. The smallest absolute Gasteiger partial charge is 0.199 e. The molecule has 1 atom stereocenters. The second-order valence-corrected chi connectivity index (χ2v) is 7.74. The van der Waals surface area contributed by atoms with E-state index in [9.17, 15) is 0 Å². The Balaban J connectivity index is 1.69. The maximum atomic E-state index is 6.01. The van der Waals surface area contributed by atoms with E-state index in [-0.39, 0.29) is 10.9 Å². The highest BCUT2D eigenvalue weighted by molar-refractivity contribution is 7.96. The SMILES string of the molecule is COc1ccc([S+](C)CCC2(c3ccccc3)OCCO2)cc1. The van der Waals surface area contributed by atoms with Gasteiger partial charge < -0.3 is 14.2 Å². The maximum Gasteiger partial charge on any atom is 0.199 e. The minimum absolute atomic E-state index is 0.145. The Morgan fingerprint density at radius 3 is 2.26 bits per heavy atom. The molecule has 1 aliphatic heterocycles. The van der Waals surface area contributed by atoms with Crippen molar-refractivity contribution >= 4 is 10.9 Å². The van der Waals surface area contributed by atoms with Crippen molar-refractivity contribution in [2.24, 2.45) is 0 Å². The van der Waals surface area contributed by atoms with Crippen LogP contribution in [0.2, 0.25) is 0 Å². The van der Waals surface area contributed by atoms with Gasteiger partial charge in [0.05, 0.1) is 26.7 Å². The Morgan fingerprint density at radius 1 is 1.00 bits per heavy atom. The van der Waals surface area contributed by atoms with Crippen LogP contribution >= 0.6 is 0 Å². The lowest BCUT2D eigenvalue weighted by atomic mass is 10.0. The molecule has 1 fully saturated rings. The van der Waals surface area contributed by atoms with Crippen molar-refractivity contribution in [1.29, 1.82) is 0 Å². The van der Waals surface area contributed by atoms with Gasteiger partial charge in [-0.2, -0.15) is 0 Å². The standard InChI is InChI=1S/C19H23O3S/c1-20-17-8-10-18(11-9-17)23(2)15-12-19(21-13-14-22-19)16-6-4-3-5-7-16/h3-11H,12-15H2,1-2H3/q+1. The van der Waals surface area contributed by atoms with Gasteiger partial charge >= 0.3 is 0 Å². The first-order valence-corrected chi connectivity index (χ1v) is 9.64. The van der Waals surface area contributed by atoms with E-state index in [2.05, 4.69) is 30.5 Å². The van der Waals surface area contributed by atoms with Crippen molar-refractivity contribution in [1.82, 2.24) is 0 Å². The molecule has 0 bridgehead atoms. The Labute approximate surface area is 140 Å². The van der Waals surface area contributed by atoms with Crippen molar-refractivity contribution in [2.75, 3.05) is 32.3 Å². The first-order chi connectivity index (χ1) is 11.2. The topological polar surface area (TPSA) is 27.7 Å². The van der Waals surface area contributed by atoms with Crippen molar-refractivity contribution < 1.29 is 14.2 Å². The maximum absolute atomic E-state index is 6.01. The zero-order valence-corrected chi connectivity index (χ0v) is 14.5. The average Bonchev–Trinajstić information content (AvgIpc) is 3.11. The first kappa shape index (κ1) is 16.4. The van der Waals surface area contributed by atoms with Crippen molar-refractivity contribution in [3.05, 3.63) is 60.2 Å². The summed E-state index contributed by atoms with van der Waals surface area (Å²) in [6.45, 7) is 1.32. The summed E-state index contributed by atoms with van der Waals surface area (Å²) in [4.78, 5) is 1.34. The van der Waals surface area contributed by atoms with Crippen molar-refractivity contribution in [2.45, 2.75) is 17.1 Å². The van der Waals surface area contributed by atoms with E-state index in [1.807, 2.05) is 30.3 Å². The lowest BCUT2D eigenvalue weighted by molar-refractivity contribution is -0.166. The molecular formula is C19H23O3S+. The van der Waals surface area contributed by atoms with Gasteiger partial charge in [-0.15, -0.1) is 0 Å². The Kier molecular flexibility index (Phi) is 5.26. The van der Waals surface area contributed by atoms with Gasteiger partial charge in [0.25, 0.3) is 0 Å². The van der Waals surface area contributed by atoms with Crippen molar-refractivity contribution in [3.63, 3.8) is 0 Å². The second-order valence-electron chi connectivity index (χ2n) is 5.58. The zero-order valence-electron chi connectivity index (χ0n) is 13.7. The normalized spacial score (nSPS) is 17.8. The third-order valence-electron chi connectivity index (χ3n) is 4.17. The molecule has 1 unspecified atom stereocenters. The Bertz CT molecular complexity index is 606. The molecule has 1 saturated heterocycles. The summed E-state index contributed by atoms with van der Waals surface area (Å²) >= 11 is 0. The van der Waals surface area contributed by atoms with Gasteiger partial charge in [0, 0.05) is 16.5 Å². The molecule has 1 aliphatic rings. The molecule has 122 valence electrons. The summed E-state index contributed by atoms with van der Waals surface area (Å²) in [6.07, 6.45) is 3.14. The molecule has 3 nitrogen and oxygen atoms in total. The van der Waals surface area contributed by atoms with Crippen LogP contribution in [0.15, 0.2) is 59.5 Å². The van der Waals surface area contributed by atoms with E-state index in [1.165, 1.54) is 4.90 Å². The number of hydrogen-bond acceptors (Lipinski definition) is 3. The van der Waals surface area contributed by atoms with Crippen LogP contribution in [0.4, 0.5) is 0 Å². The Morgan fingerprint density at radius 2 is 1.65 bits per heavy atom. The molecule has 23 heavy (non-hydrogen) atoms. The number of rotatable bonds is 6. The van der Waals surface area contributed by atoms with E-state index in [1.54, 1.807) is 7.11 Å². The predicted octanol–water partition coefficient (Wildman–Crippen LogP) is 3.59. The van der Waals surface area contributed by atoms with Crippen LogP contribution < -0.4 is 4.74 Å². The summed E-state index contributed by atoms with van der Waals surface area (Å²) in [7, 11) is 1.84. The average molecular weight is 331 g/mol. The lowest BCUT2D eigenvalue weighted by Crippen LogP contribution is -2.30. The van der Waals surface area contributed by atoms with Gasteiger partial charge in [-0.1, -0.05) is 30.3 Å². The van der Waals surface area contributed by atoms with Gasteiger partial charge in [-0.05, 0) is 24.3 Å². The molecule has 0 aromatic heterocycles. The fraction of sp³-hybridized carbons (Fsp3) is 0.368. The zero-order chi connectivity index (χ0) is 16.1. The van der Waals surface area contributed by atoms with E-state index in [0.29, 0.717) is 13.2 Å². The summed E-state index contributed by atoms with van der Waals surface area (Å²) in [5.74, 6) is 1.35. The van der Waals surface area contributed by atoms with Gasteiger partial charge in [0.15, 0.2) is 10.7 Å². The summed E-state index contributed by atoms with van der Waals surface area (Å²) < 4.78 is 17.3. The van der Waals surface area contributed by atoms with Gasteiger partial charge in [0.2, 0.25) is 0 Å². The molecule has 3 rings (SSSR count). The summed E-state index contributed by atoms with van der Waals surface area (Å²) in [5, 5.41) is 0. The molecule has 0 N–H and O–H groups in total. The van der Waals surface area contributed by atoms with Crippen LogP contribution in [0.1, 0.15) is 12.0 Å². The predicted molar refractivity (Wildman–Crippen MR) is 94.1 cm³/mol. The van der Waals surface area contributed by atoms with Crippen LogP contribution in [0.5, 0.6) is 5.75 Å². The number of ether oxygens (including phenoxy) is 3. The second kappa shape index (κ2) is 7.39. The molecule has 0 amide bonds. The van der Waals surface area contributed by atoms with Crippen LogP contribution in [0, 0.1) is 0 Å². The number of benzene rings is 2. The van der Waals surface area contributed by atoms with Gasteiger partial charge in [-0.25, -0.2) is 0 Å². The van der Waals surface area contributed by atoms with E-state index < -0.39 is 5.79 Å². The molecule has 2 aromatic carbocycles. The number of methoxy groups -OCH3 is 1. The fourth-order valence-corrected chi connectivity index (χ4v) is 4.23. The quantitative estimate of drug-likeness (QED) is 0.757. The van der Waals surface area contributed by atoms with Gasteiger partial charge in [-0.3, -0.25) is 0 Å². The molecule has 1 heterocycles. The minimum atomic E-state index is -0.574. The first-order valence-electron chi connectivity index (χ1n) is 7.83. The summed E-state index contributed by atoms with van der Waals surface area (Å²) in [5.41, 5.74) is 1.12. The molecule has 0 aliphatic carbocycles. The lowest BCUT2D eigenvalue weighted by Gasteiger charge is -2.27. The monoisotopic (exact) mass is 331 g/mol. The highest BCUT2D eigenvalue weighted by Crippen LogP contribution is 2.35. The van der Waals surface area contributed by atoms with E-state index in [0.717, 1.165) is 23.5 Å². The molecule has 4 heteroatoms. The van der Waals surface area contributed by atoms with E-state index >= 15 is 0 Å². The summed E-state index contributed by atoms with van der Waals surface area (Å²) in [6, 6.07) is 18.6. The molecule has 0 spiro atoms. The van der Waals surface area contributed by atoms with E-state index in [4.69, 9.17) is 14.2 Å². The van der Waals surface area contributed by atoms with Crippen molar-refractivity contribution in [3.8, 4) is 5.75 Å². The van der Waals surface area contributed by atoms with Crippen LogP contribution in [-0.4, -0.2) is 32.3 Å². The molecule has 0 saturated carbocycles. The molecular weight excluding hydrogens is 308 g/mol. The third-order valence-corrected chi connectivity index (χ3v) is 6.06. The molecule has 2 aromatic rings. The fourth-order valence-electron chi connectivity index (χ4n) is 2.82. The highest BCUT2D eigenvalue weighted by atomic mass is 32.2. The minimum Gasteiger partial charge on any atom is -0.497 e. The van der Waals surface area contributed by atoms with Crippen LogP contribution in [-0.2, 0) is 26.2 Å². The van der Waals surface area contributed by atoms with Crippen LogP contribution in [0.25, 0.3) is 0 Å². The third kappa shape index (κ3) is 3.71. The van der Waals surface area contributed by atoms with Gasteiger partial charge in [0.1, 0.15) is 17.8 Å². The molecule has 0 radical (unpaired) electrons. The Hall–Kier alpha value is -1.49. The largest absolute Gasteiger partial charge is 0.497 e. The highest BCUT2D eigenvalue weighted by Gasteiger charge is 2.40. The van der Waals surface area contributed by atoms with Crippen LogP contribution in [0.3, 0.4) is 0 Å².